The molecule has 1 aromatic rings. The second-order valence-electron chi connectivity index (χ2n) is 8.09. The average molecular weight is 426 g/mol. The molecule has 0 radical (unpaired) electrons. The molecule has 1 aromatic carbocycles. The van der Waals surface area contributed by atoms with Crippen LogP contribution in [0.15, 0.2) is 30.3 Å². The van der Waals surface area contributed by atoms with Crippen molar-refractivity contribution in [1.29, 1.82) is 0 Å². The highest BCUT2D eigenvalue weighted by molar-refractivity contribution is 5.99. The van der Waals surface area contributed by atoms with Crippen LogP contribution in [-0.4, -0.2) is 65.0 Å². The van der Waals surface area contributed by atoms with E-state index in [2.05, 4.69) is 0 Å². The Morgan fingerprint density at radius 1 is 1.23 bits per heavy atom. The Balaban J connectivity index is 1.98. The number of rotatable bonds is 5. The van der Waals surface area contributed by atoms with Gasteiger partial charge >= 0.3 is 6.30 Å². The van der Waals surface area contributed by atoms with Crippen molar-refractivity contribution in [3.8, 4) is 0 Å². The second kappa shape index (κ2) is 8.75. The van der Waals surface area contributed by atoms with Gasteiger partial charge in [-0.25, -0.2) is 4.90 Å². The lowest BCUT2D eigenvalue weighted by atomic mass is 9.94. The van der Waals surface area contributed by atoms with Gasteiger partial charge in [0.05, 0.1) is 6.10 Å². The van der Waals surface area contributed by atoms with Crippen LogP contribution in [0.2, 0.25) is 0 Å². The molecule has 3 atom stereocenters. The SMILES string of the molecule is CC(C)CC(C(=O)N1CCCC2OCC(=O)C21)N(C(=O)c1ccccc1)C(F)(F)F. The average Bonchev–Trinajstić information content (AvgIpc) is 3.07. The molecule has 0 bridgehead atoms. The number of fused-ring (bicyclic) bond motifs is 1. The van der Waals surface area contributed by atoms with Gasteiger partial charge in [0.15, 0.2) is 5.78 Å². The fourth-order valence-electron chi connectivity index (χ4n) is 4.15. The molecule has 30 heavy (non-hydrogen) atoms. The summed E-state index contributed by atoms with van der Waals surface area (Å²) in [7, 11) is 0. The Labute approximate surface area is 173 Å². The van der Waals surface area contributed by atoms with E-state index in [1.165, 1.54) is 29.2 Å². The summed E-state index contributed by atoms with van der Waals surface area (Å²) in [6, 6.07) is 4.43. The van der Waals surface area contributed by atoms with E-state index in [-0.39, 0.29) is 41.7 Å². The Morgan fingerprint density at radius 3 is 2.50 bits per heavy atom. The minimum absolute atomic E-state index is 0.153. The molecule has 2 heterocycles. The van der Waals surface area contributed by atoms with E-state index in [4.69, 9.17) is 4.74 Å². The molecule has 164 valence electrons. The Morgan fingerprint density at radius 2 is 1.90 bits per heavy atom. The third-order valence-corrected chi connectivity index (χ3v) is 5.43. The number of carbonyl (C=O) groups excluding carboxylic acids is 3. The molecule has 2 amide bonds. The summed E-state index contributed by atoms with van der Waals surface area (Å²) in [5.41, 5.74) is -0.159. The first-order valence-electron chi connectivity index (χ1n) is 10.0. The van der Waals surface area contributed by atoms with Crippen LogP contribution in [0.4, 0.5) is 13.2 Å². The third-order valence-electron chi connectivity index (χ3n) is 5.43. The highest BCUT2D eigenvalue weighted by Gasteiger charge is 2.52. The zero-order chi connectivity index (χ0) is 22.1. The fourth-order valence-corrected chi connectivity index (χ4v) is 4.15. The van der Waals surface area contributed by atoms with Crippen molar-refractivity contribution in [3.63, 3.8) is 0 Å². The van der Waals surface area contributed by atoms with Crippen molar-refractivity contribution in [2.45, 2.75) is 57.6 Å². The van der Waals surface area contributed by atoms with Crippen molar-refractivity contribution in [3.05, 3.63) is 35.9 Å². The Hall–Kier alpha value is -2.42. The van der Waals surface area contributed by atoms with Crippen LogP contribution in [0.3, 0.4) is 0 Å². The number of amides is 2. The highest BCUT2D eigenvalue weighted by atomic mass is 19.4. The Bertz CT molecular complexity index is 797. The second-order valence-corrected chi connectivity index (χ2v) is 8.09. The number of likely N-dealkylation sites (tertiary alicyclic amines) is 1. The van der Waals surface area contributed by atoms with Gasteiger partial charge < -0.3 is 9.64 Å². The predicted octanol–water partition coefficient (Wildman–Crippen LogP) is 3.02. The minimum Gasteiger partial charge on any atom is -0.368 e. The first-order valence-corrected chi connectivity index (χ1v) is 10.0. The molecule has 0 aromatic heterocycles. The topological polar surface area (TPSA) is 66.9 Å². The van der Waals surface area contributed by atoms with E-state index in [0.717, 1.165) is 0 Å². The fraction of sp³-hybridized carbons (Fsp3) is 0.571. The van der Waals surface area contributed by atoms with Gasteiger partial charge in [-0.2, -0.15) is 0 Å². The van der Waals surface area contributed by atoms with Crippen LogP contribution in [0.1, 0.15) is 43.5 Å². The number of alkyl halides is 3. The van der Waals surface area contributed by atoms with Crippen LogP contribution < -0.4 is 0 Å². The predicted molar refractivity (Wildman–Crippen MR) is 101 cm³/mol. The maximum atomic E-state index is 14.1. The molecule has 3 rings (SSSR count). The number of hydrogen-bond donors (Lipinski definition) is 0. The molecule has 2 saturated heterocycles. The summed E-state index contributed by atoms with van der Waals surface area (Å²) >= 11 is 0. The van der Waals surface area contributed by atoms with Gasteiger partial charge in [-0.3, -0.25) is 14.4 Å². The van der Waals surface area contributed by atoms with Gasteiger partial charge in [0.1, 0.15) is 18.7 Å². The summed E-state index contributed by atoms with van der Waals surface area (Å²) < 4.78 is 47.6. The lowest BCUT2D eigenvalue weighted by molar-refractivity contribution is -0.238. The summed E-state index contributed by atoms with van der Waals surface area (Å²) in [5, 5.41) is 0. The molecular weight excluding hydrogens is 401 g/mol. The molecule has 0 N–H and O–H groups in total. The van der Waals surface area contributed by atoms with E-state index in [1.807, 2.05) is 0 Å². The van der Waals surface area contributed by atoms with Crippen molar-refractivity contribution in [2.24, 2.45) is 5.92 Å². The minimum atomic E-state index is -5.06. The maximum absolute atomic E-state index is 14.1. The van der Waals surface area contributed by atoms with E-state index in [9.17, 15) is 27.6 Å². The number of Topliss-reactive ketones (excluding diaryl/α,β-unsaturated/α-hetero) is 1. The smallest absolute Gasteiger partial charge is 0.368 e. The molecule has 6 nitrogen and oxygen atoms in total. The van der Waals surface area contributed by atoms with Gasteiger partial charge in [-0.15, -0.1) is 13.2 Å². The quantitative estimate of drug-likeness (QED) is 0.679. The van der Waals surface area contributed by atoms with Gasteiger partial charge in [-0.05, 0) is 37.3 Å². The molecule has 2 aliphatic heterocycles. The molecule has 9 heteroatoms. The number of ether oxygens (including phenoxy) is 1. The summed E-state index contributed by atoms with van der Waals surface area (Å²) in [6.07, 6.45) is -4.65. The third kappa shape index (κ3) is 4.50. The number of halogens is 3. The molecule has 0 aliphatic carbocycles. The van der Waals surface area contributed by atoms with Crippen LogP contribution in [0.25, 0.3) is 0 Å². The zero-order valence-corrected chi connectivity index (χ0v) is 16.9. The molecule has 2 aliphatic rings. The van der Waals surface area contributed by atoms with E-state index >= 15 is 0 Å². The number of nitrogens with zero attached hydrogens (tertiary/aromatic N) is 2. The summed E-state index contributed by atoms with van der Waals surface area (Å²) in [6.45, 7) is 3.38. The summed E-state index contributed by atoms with van der Waals surface area (Å²) in [5.74, 6) is -2.75. The largest absolute Gasteiger partial charge is 0.488 e. The lowest BCUT2D eigenvalue weighted by Gasteiger charge is -2.41. The Kier molecular flexibility index (Phi) is 6.50. The van der Waals surface area contributed by atoms with Crippen molar-refractivity contribution in [1.82, 2.24) is 9.80 Å². The molecule has 0 saturated carbocycles. The maximum Gasteiger partial charge on any atom is 0.488 e. The van der Waals surface area contributed by atoms with E-state index < -0.39 is 36.3 Å². The molecular formula is C21H25F3N2O4. The van der Waals surface area contributed by atoms with E-state index in [0.29, 0.717) is 12.8 Å². The zero-order valence-electron chi connectivity index (χ0n) is 16.9. The number of piperidine rings is 1. The number of benzene rings is 1. The van der Waals surface area contributed by atoms with Crippen LogP contribution >= 0.6 is 0 Å². The number of ketones is 1. The molecule has 3 unspecified atom stereocenters. The summed E-state index contributed by atoms with van der Waals surface area (Å²) in [4.78, 5) is 39.4. The standard InChI is InChI=1S/C21H25F3N2O4/c1-13(2)11-15(20(29)25-10-6-9-17-18(25)16(27)12-30-17)26(21(22,23)24)19(28)14-7-4-3-5-8-14/h3-5,7-8,13,15,17-18H,6,9-12H2,1-2H3. The molecule has 2 fully saturated rings. The van der Waals surface area contributed by atoms with Crippen molar-refractivity contribution < 1.29 is 32.3 Å². The van der Waals surface area contributed by atoms with Crippen LogP contribution in [0.5, 0.6) is 0 Å². The first kappa shape index (κ1) is 22.3. The number of carbonyl (C=O) groups is 3. The van der Waals surface area contributed by atoms with Gasteiger partial charge in [-0.1, -0.05) is 32.0 Å². The first-order chi connectivity index (χ1) is 14.1. The van der Waals surface area contributed by atoms with E-state index in [1.54, 1.807) is 19.9 Å². The van der Waals surface area contributed by atoms with Gasteiger partial charge in [0.2, 0.25) is 5.91 Å². The highest BCUT2D eigenvalue weighted by Crippen LogP contribution is 2.33. The normalized spacial score (nSPS) is 22.7. The monoisotopic (exact) mass is 426 g/mol. The van der Waals surface area contributed by atoms with Gasteiger partial charge in [0.25, 0.3) is 5.91 Å². The molecule has 0 spiro atoms. The van der Waals surface area contributed by atoms with Crippen molar-refractivity contribution >= 4 is 17.6 Å². The van der Waals surface area contributed by atoms with Crippen LogP contribution in [-0.2, 0) is 14.3 Å². The van der Waals surface area contributed by atoms with Crippen LogP contribution in [0, 0.1) is 5.92 Å². The van der Waals surface area contributed by atoms with Crippen molar-refractivity contribution in [2.75, 3.05) is 13.2 Å². The lowest BCUT2D eigenvalue weighted by Crippen LogP contribution is -2.61. The number of hydrogen-bond acceptors (Lipinski definition) is 4. The van der Waals surface area contributed by atoms with Gasteiger partial charge in [0, 0.05) is 12.1 Å².